The van der Waals surface area contributed by atoms with E-state index >= 15 is 0 Å². The maximum atomic E-state index is 5.93. The van der Waals surface area contributed by atoms with Crippen molar-refractivity contribution in [2.45, 2.75) is 11.8 Å². The minimum absolute atomic E-state index is 0.518. The number of anilines is 1. The number of benzene rings is 2. The van der Waals surface area contributed by atoms with Gasteiger partial charge in [-0.1, -0.05) is 28.1 Å². The fraction of sp³-hybridized carbons (Fsp3) is 0.118. The third-order valence-corrected chi connectivity index (χ3v) is 5.13. The number of hydrogen-bond donors (Lipinski definition) is 1. The van der Waals surface area contributed by atoms with Gasteiger partial charge >= 0.3 is 0 Å². The average molecular weight is 374 g/mol. The third-order valence-electron chi connectivity index (χ3n) is 3.50. The second kappa shape index (κ2) is 6.18. The lowest BCUT2D eigenvalue weighted by Gasteiger charge is -2.09. The van der Waals surface area contributed by atoms with Crippen LogP contribution in [0.1, 0.15) is 5.56 Å². The molecule has 1 heterocycles. The van der Waals surface area contributed by atoms with E-state index in [2.05, 4.69) is 64.5 Å². The van der Waals surface area contributed by atoms with Crippen molar-refractivity contribution in [3.8, 4) is 16.9 Å². The van der Waals surface area contributed by atoms with Gasteiger partial charge in [-0.3, -0.25) is 0 Å². The van der Waals surface area contributed by atoms with Crippen molar-refractivity contribution in [1.82, 2.24) is 9.78 Å². The number of aromatic nitrogens is 2. The van der Waals surface area contributed by atoms with Gasteiger partial charge in [0.25, 0.3) is 0 Å². The van der Waals surface area contributed by atoms with Gasteiger partial charge in [-0.25, -0.2) is 4.68 Å². The third kappa shape index (κ3) is 2.91. The smallest absolute Gasteiger partial charge is 0.146 e. The van der Waals surface area contributed by atoms with Gasteiger partial charge in [0.15, 0.2) is 0 Å². The molecule has 0 atom stereocenters. The number of rotatable bonds is 3. The van der Waals surface area contributed by atoms with Gasteiger partial charge in [0.2, 0.25) is 0 Å². The maximum absolute atomic E-state index is 5.93. The first-order chi connectivity index (χ1) is 10.6. The number of thioether (sulfide) groups is 1. The Hall–Kier alpha value is -1.72. The Balaban J connectivity index is 2.10. The lowest BCUT2D eigenvalue weighted by atomic mass is 10.1. The second-order valence-corrected chi connectivity index (χ2v) is 6.76. The van der Waals surface area contributed by atoms with Crippen LogP contribution in [0.5, 0.6) is 0 Å². The fourth-order valence-electron chi connectivity index (χ4n) is 2.32. The van der Waals surface area contributed by atoms with Crippen LogP contribution in [0.2, 0.25) is 0 Å². The lowest BCUT2D eigenvalue weighted by Crippen LogP contribution is -2.00. The summed E-state index contributed by atoms with van der Waals surface area (Å²) in [6, 6.07) is 16.5. The largest absolute Gasteiger partial charge is 0.382 e. The summed E-state index contributed by atoms with van der Waals surface area (Å²) in [5.41, 5.74) is 10.2. The monoisotopic (exact) mass is 373 g/mol. The molecule has 0 fully saturated rings. The molecule has 3 rings (SSSR count). The van der Waals surface area contributed by atoms with E-state index in [-0.39, 0.29) is 0 Å². The van der Waals surface area contributed by atoms with Crippen molar-refractivity contribution in [3.63, 3.8) is 0 Å². The fourth-order valence-corrected chi connectivity index (χ4v) is 2.98. The van der Waals surface area contributed by atoms with E-state index in [4.69, 9.17) is 5.73 Å². The number of aryl methyl sites for hydroxylation is 1. The summed E-state index contributed by atoms with van der Waals surface area (Å²) in [5.74, 6) is 0.518. The first-order valence-corrected chi connectivity index (χ1v) is 8.87. The Bertz CT molecular complexity index is 809. The first kappa shape index (κ1) is 15.2. The molecule has 1 aromatic heterocycles. The Morgan fingerprint density at radius 2 is 1.82 bits per heavy atom. The SMILES string of the molecule is CSc1ccc(-c2cc(N)nn2-c2ccc(Br)c(C)c2)cc1. The predicted molar refractivity (Wildman–Crippen MR) is 97.6 cm³/mol. The molecule has 3 nitrogen and oxygen atoms in total. The number of hydrogen-bond acceptors (Lipinski definition) is 3. The molecule has 0 aliphatic rings. The molecule has 0 saturated carbocycles. The lowest BCUT2D eigenvalue weighted by molar-refractivity contribution is 0.891. The first-order valence-electron chi connectivity index (χ1n) is 6.85. The molecule has 0 aliphatic heterocycles. The Morgan fingerprint density at radius 3 is 2.45 bits per heavy atom. The van der Waals surface area contributed by atoms with E-state index in [1.54, 1.807) is 11.8 Å². The van der Waals surface area contributed by atoms with Crippen molar-refractivity contribution in [2.75, 3.05) is 12.0 Å². The molecule has 2 N–H and O–H groups in total. The molecule has 0 saturated heterocycles. The van der Waals surface area contributed by atoms with E-state index in [9.17, 15) is 0 Å². The molecule has 0 radical (unpaired) electrons. The van der Waals surface area contributed by atoms with Crippen LogP contribution in [0.3, 0.4) is 0 Å². The van der Waals surface area contributed by atoms with Crippen LogP contribution in [-0.2, 0) is 0 Å². The van der Waals surface area contributed by atoms with Gasteiger partial charge in [-0.2, -0.15) is 5.10 Å². The highest BCUT2D eigenvalue weighted by Gasteiger charge is 2.11. The standard InChI is InChI=1S/C17H16BrN3S/c1-11-9-13(5-8-15(11)18)21-16(10-17(19)20-21)12-3-6-14(22-2)7-4-12/h3-10H,1-2H3,(H2,19,20). The zero-order valence-electron chi connectivity index (χ0n) is 12.4. The Labute approximate surface area is 142 Å². The van der Waals surface area contributed by atoms with Crippen molar-refractivity contribution >= 4 is 33.5 Å². The van der Waals surface area contributed by atoms with Gasteiger partial charge in [-0.15, -0.1) is 11.8 Å². The highest BCUT2D eigenvalue weighted by atomic mass is 79.9. The molecular formula is C17H16BrN3S. The molecule has 0 unspecified atom stereocenters. The molecule has 0 spiro atoms. The van der Waals surface area contributed by atoms with Gasteiger partial charge < -0.3 is 5.73 Å². The minimum Gasteiger partial charge on any atom is -0.382 e. The van der Waals surface area contributed by atoms with Crippen LogP contribution < -0.4 is 5.73 Å². The molecule has 3 aromatic rings. The van der Waals surface area contributed by atoms with E-state index in [1.807, 2.05) is 22.9 Å². The van der Waals surface area contributed by atoms with E-state index in [0.717, 1.165) is 27.0 Å². The topological polar surface area (TPSA) is 43.8 Å². The van der Waals surface area contributed by atoms with Crippen molar-refractivity contribution < 1.29 is 0 Å². The summed E-state index contributed by atoms with van der Waals surface area (Å²) in [4.78, 5) is 1.24. The van der Waals surface area contributed by atoms with Crippen LogP contribution in [-0.4, -0.2) is 16.0 Å². The summed E-state index contributed by atoms with van der Waals surface area (Å²) < 4.78 is 2.98. The van der Waals surface area contributed by atoms with E-state index in [0.29, 0.717) is 5.82 Å². The zero-order chi connectivity index (χ0) is 15.7. The number of halogens is 1. The van der Waals surface area contributed by atoms with Crippen molar-refractivity contribution in [3.05, 3.63) is 58.6 Å². The average Bonchev–Trinajstić information content (AvgIpc) is 2.92. The molecule has 112 valence electrons. The quantitative estimate of drug-likeness (QED) is 0.662. The summed E-state index contributed by atoms with van der Waals surface area (Å²) in [6.07, 6.45) is 2.07. The van der Waals surface area contributed by atoms with Gasteiger partial charge in [0, 0.05) is 21.0 Å². The van der Waals surface area contributed by atoms with Crippen LogP contribution in [0.25, 0.3) is 16.9 Å². The van der Waals surface area contributed by atoms with Gasteiger partial charge in [0.1, 0.15) is 5.82 Å². The summed E-state index contributed by atoms with van der Waals surface area (Å²) in [6.45, 7) is 2.06. The Morgan fingerprint density at radius 1 is 1.09 bits per heavy atom. The Kier molecular flexibility index (Phi) is 4.27. The van der Waals surface area contributed by atoms with E-state index < -0.39 is 0 Å². The van der Waals surface area contributed by atoms with Gasteiger partial charge in [0.05, 0.1) is 11.4 Å². The van der Waals surface area contributed by atoms with Crippen molar-refractivity contribution in [2.24, 2.45) is 0 Å². The van der Waals surface area contributed by atoms with Crippen molar-refractivity contribution in [1.29, 1.82) is 0 Å². The van der Waals surface area contributed by atoms with Crippen LogP contribution >= 0.6 is 27.7 Å². The number of nitrogen functional groups attached to an aromatic ring is 1. The zero-order valence-corrected chi connectivity index (χ0v) is 14.8. The molecule has 5 heteroatoms. The highest BCUT2D eigenvalue weighted by Crippen LogP contribution is 2.28. The normalized spacial score (nSPS) is 10.9. The molecule has 2 aromatic carbocycles. The molecule has 0 aliphatic carbocycles. The second-order valence-electron chi connectivity index (χ2n) is 5.03. The van der Waals surface area contributed by atoms with Crippen LogP contribution in [0.4, 0.5) is 5.82 Å². The minimum atomic E-state index is 0.518. The maximum Gasteiger partial charge on any atom is 0.146 e. The van der Waals surface area contributed by atoms with Gasteiger partial charge in [-0.05, 0) is 49.1 Å². The molecule has 22 heavy (non-hydrogen) atoms. The summed E-state index contributed by atoms with van der Waals surface area (Å²) in [5, 5.41) is 4.44. The highest BCUT2D eigenvalue weighted by molar-refractivity contribution is 9.10. The number of nitrogens with zero attached hydrogens (tertiary/aromatic N) is 2. The van der Waals surface area contributed by atoms with Crippen LogP contribution in [0.15, 0.2) is 57.9 Å². The summed E-state index contributed by atoms with van der Waals surface area (Å²) in [7, 11) is 0. The molecular weight excluding hydrogens is 358 g/mol. The van der Waals surface area contributed by atoms with Crippen LogP contribution in [0, 0.1) is 6.92 Å². The van der Waals surface area contributed by atoms with E-state index in [1.165, 1.54) is 4.90 Å². The molecule has 0 bridgehead atoms. The summed E-state index contributed by atoms with van der Waals surface area (Å²) >= 11 is 5.26. The molecule has 0 amide bonds. The number of nitrogens with two attached hydrogens (primary N) is 1. The predicted octanol–water partition coefficient (Wildman–Crippen LogP) is 4.91.